The molecule has 3 N–H and O–H groups in total. The summed E-state index contributed by atoms with van der Waals surface area (Å²) >= 11 is 0. The van der Waals surface area contributed by atoms with E-state index in [0.29, 0.717) is 37.4 Å². The summed E-state index contributed by atoms with van der Waals surface area (Å²) in [6.07, 6.45) is 2.14. The Morgan fingerprint density at radius 2 is 2.03 bits per heavy atom. The second-order valence-electron chi connectivity index (χ2n) is 7.71. The molecule has 8 heteroatoms. The maximum Gasteiger partial charge on any atom is 0.222 e. The van der Waals surface area contributed by atoms with E-state index in [1.807, 2.05) is 11.8 Å². The Balaban J connectivity index is 2.17. The molecular formula is C22H33FN2O5. The summed E-state index contributed by atoms with van der Waals surface area (Å²) in [7, 11) is 0. The van der Waals surface area contributed by atoms with E-state index < -0.39 is 24.6 Å². The lowest BCUT2D eigenvalue weighted by Crippen LogP contribution is -2.46. The van der Waals surface area contributed by atoms with Gasteiger partial charge in [-0.1, -0.05) is 6.92 Å². The van der Waals surface area contributed by atoms with Crippen LogP contribution in [0.4, 0.5) is 4.39 Å². The molecule has 0 radical (unpaired) electrons. The lowest BCUT2D eigenvalue weighted by atomic mass is 10.0. The quantitative estimate of drug-likeness (QED) is 0.684. The molecule has 1 aliphatic heterocycles. The Labute approximate surface area is 177 Å². The Kier molecular flexibility index (Phi) is 10.0. The summed E-state index contributed by atoms with van der Waals surface area (Å²) in [5.41, 5.74) is 0.552. The highest BCUT2D eigenvalue weighted by Crippen LogP contribution is 2.19. The van der Waals surface area contributed by atoms with Crippen molar-refractivity contribution in [1.82, 2.24) is 10.2 Å². The predicted molar refractivity (Wildman–Crippen MR) is 111 cm³/mol. The van der Waals surface area contributed by atoms with Crippen LogP contribution in [0, 0.1) is 5.82 Å². The molecule has 0 saturated carbocycles. The molecule has 1 aromatic carbocycles. The van der Waals surface area contributed by atoms with Crippen molar-refractivity contribution in [2.24, 2.45) is 0 Å². The number of halogens is 1. The number of carbonyl (C=O) groups excluding carboxylic acids is 2. The number of aliphatic hydroxyl groups excluding tert-OH is 2. The number of benzene rings is 1. The molecule has 0 aromatic heterocycles. The van der Waals surface area contributed by atoms with Crippen molar-refractivity contribution in [3.63, 3.8) is 0 Å². The molecule has 0 aliphatic carbocycles. The molecule has 2 atom stereocenters. The fourth-order valence-corrected chi connectivity index (χ4v) is 3.55. The minimum absolute atomic E-state index is 0.0237. The zero-order valence-corrected chi connectivity index (χ0v) is 17.6. The average molecular weight is 425 g/mol. The highest BCUT2D eigenvalue weighted by Gasteiger charge is 2.22. The van der Waals surface area contributed by atoms with Gasteiger partial charge in [-0.05, 0) is 49.8 Å². The molecule has 0 fully saturated rings. The van der Waals surface area contributed by atoms with Crippen molar-refractivity contribution in [2.45, 2.75) is 64.0 Å². The average Bonchev–Trinajstić information content (AvgIpc) is 2.70. The second kappa shape index (κ2) is 12.5. The maximum absolute atomic E-state index is 14.0. The number of carbonyl (C=O) groups is 2. The summed E-state index contributed by atoms with van der Waals surface area (Å²) in [6, 6.07) is 3.52. The van der Waals surface area contributed by atoms with E-state index in [1.54, 1.807) is 6.07 Å². The number of nitrogens with zero attached hydrogens (tertiary/aromatic N) is 1. The molecular weight excluding hydrogens is 391 g/mol. The number of amides is 2. The lowest BCUT2D eigenvalue weighted by molar-refractivity contribution is -0.131. The second-order valence-corrected chi connectivity index (χ2v) is 7.71. The number of hydrogen-bond donors (Lipinski definition) is 3. The molecule has 1 aromatic rings. The minimum Gasteiger partial charge on any atom is -0.493 e. The molecule has 1 aliphatic rings. The first-order chi connectivity index (χ1) is 14.4. The number of fused-ring (bicyclic) bond motifs is 2. The van der Waals surface area contributed by atoms with E-state index in [0.717, 1.165) is 19.3 Å². The highest BCUT2D eigenvalue weighted by atomic mass is 19.1. The highest BCUT2D eigenvalue weighted by molar-refractivity contribution is 5.79. The van der Waals surface area contributed by atoms with Gasteiger partial charge in [0.15, 0.2) is 0 Å². The van der Waals surface area contributed by atoms with Crippen molar-refractivity contribution in [3.05, 3.63) is 29.6 Å². The molecule has 2 unspecified atom stereocenters. The van der Waals surface area contributed by atoms with Crippen LogP contribution in [0.1, 0.15) is 51.0 Å². The SMILES string of the molecule is CCCN1CCCCOc2cc(F)cc(c2)CC(C(O)CO)NC(=O)CCCC1=O. The van der Waals surface area contributed by atoms with Crippen LogP contribution < -0.4 is 10.1 Å². The summed E-state index contributed by atoms with van der Waals surface area (Å²) in [4.78, 5) is 26.6. The van der Waals surface area contributed by atoms with Gasteiger partial charge in [-0.25, -0.2) is 4.39 Å². The number of nitrogens with one attached hydrogen (secondary N) is 1. The van der Waals surface area contributed by atoms with Gasteiger partial charge in [-0.15, -0.1) is 0 Å². The molecule has 2 rings (SSSR count). The summed E-state index contributed by atoms with van der Waals surface area (Å²) < 4.78 is 19.7. The number of hydrogen-bond acceptors (Lipinski definition) is 5. The molecule has 2 amide bonds. The first-order valence-corrected chi connectivity index (χ1v) is 10.7. The van der Waals surface area contributed by atoms with Crippen LogP contribution in [0.2, 0.25) is 0 Å². The zero-order valence-electron chi connectivity index (χ0n) is 17.6. The van der Waals surface area contributed by atoms with Gasteiger partial charge in [0.05, 0.1) is 25.4 Å². The fraction of sp³-hybridized carbons (Fsp3) is 0.636. The van der Waals surface area contributed by atoms with Gasteiger partial charge >= 0.3 is 0 Å². The van der Waals surface area contributed by atoms with E-state index in [4.69, 9.17) is 4.74 Å². The molecule has 7 nitrogen and oxygen atoms in total. The van der Waals surface area contributed by atoms with Crippen molar-refractivity contribution in [2.75, 3.05) is 26.3 Å². The molecule has 1 heterocycles. The van der Waals surface area contributed by atoms with Gasteiger partial charge in [0.2, 0.25) is 11.8 Å². The van der Waals surface area contributed by atoms with Crippen LogP contribution in [0.15, 0.2) is 18.2 Å². The van der Waals surface area contributed by atoms with Crippen LogP contribution >= 0.6 is 0 Å². The van der Waals surface area contributed by atoms with E-state index in [2.05, 4.69) is 5.32 Å². The van der Waals surface area contributed by atoms with Crippen LogP contribution in [0.3, 0.4) is 0 Å². The third-order valence-electron chi connectivity index (χ3n) is 5.12. The van der Waals surface area contributed by atoms with Crippen LogP contribution in [0.5, 0.6) is 5.75 Å². The van der Waals surface area contributed by atoms with E-state index in [-0.39, 0.29) is 31.1 Å². The Morgan fingerprint density at radius 3 is 2.77 bits per heavy atom. The summed E-state index contributed by atoms with van der Waals surface area (Å²) in [5.74, 6) is -0.391. The van der Waals surface area contributed by atoms with Gasteiger partial charge in [-0.3, -0.25) is 9.59 Å². The lowest BCUT2D eigenvalue weighted by Gasteiger charge is -2.23. The Morgan fingerprint density at radius 1 is 1.23 bits per heavy atom. The first kappa shape index (κ1) is 24.1. The topological polar surface area (TPSA) is 99.1 Å². The minimum atomic E-state index is -1.19. The van der Waals surface area contributed by atoms with Crippen LogP contribution in [-0.2, 0) is 16.0 Å². The van der Waals surface area contributed by atoms with Gasteiger partial charge in [0, 0.05) is 32.0 Å². The molecule has 30 heavy (non-hydrogen) atoms. The van der Waals surface area contributed by atoms with Gasteiger partial charge < -0.3 is 25.2 Å². The van der Waals surface area contributed by atoms with Crippen molar-refractivity contribution in [3.8, 4) is 5.75 Å². The summed E-state index contributed by atoms with van der Waals surface area (Å²) in [5, 5.41) is 22.2. The molecule has 168 valence electrons. The summed E-state index contributed by atoms with van der Waals surface area (Å²) in [6.45, 7) is 3.18. The van der Waals surface area contributed by atoms with E-state index in [1.165, 1.54) is 12.1 Å². The van der Waals surface area contributed by atoms with Crippen LogP contribution in [-0.4, -0.2) is 65.4 Å². The largest absolute Gasteiger partial charge is 0.493 e. The van der Waals surface area contributed by atoms with Crippen molar-refractivity contribution in [1.29, 1.82) is 0 Å². The van der Waals surface area contributed by atoms with Crippen molar-refractivity contribution < 1.29 is 28.9 Å². The third-order valence-corrected chi connectivity index (χ3v) is 5.12. The van der Waals surface area contributed by atoms with Crippen LogP contribution in [0.25, 0.3) is 0 Å². The standard InChI is InChI=1S/C22H33FN2O5/c1-2-8-25-9-3-4-10-30-18-12-16(11-17(23)14-18)13-19(20(27)15-26)24-21(28)6-5-7-22(25)29/h11-12,14,19-20,26-27H,2-10,13,15H2,1H3,(H,24,28). The first-order valence-electron chi connectivity index (χ1n) is 10.7. The Bertz CT molecular complexity index is 700. The van der Waals surface area contributed by atoms with Gasteiger partial charge in [0.1, 0.15) is 11.6 Å². The van der Waals surface area contributed by atoms with E-state index >= 15 is 0 Å². The smallest absolute Gasteiger partial charge is 0.222 e. The van der Waals surface area contributed by atoms with Crippen molar-refractivity contribution >= 4 is 11.8 Å². The fourth-order valence-electron chi connectivity index (χ4n) is 3.55. The van der Waals surface area contributed by atoms with Gasteiger partial charge in [-0.2, -0.15) is 0 Å². The third kappa shape index (κ3) is 7.91. The van der Waals surface area contributed by atoms with Gasteiger partial charge in [0.25, 0.3) is 0 Å². The molecule has 2 bridgehead atoms. The monoisotopic (exact) mass is 424 g/mol. The zero-order chi connectivity index (χ0) is 21.9. The number of ether oxygens (including phenoxy) is 1. The van der Waals surface area contributed by atoms with E-state index in [9.17, 15) is 24.2 Å². The maximum atomic E-state index is 14.0. The molecule has 0 saturated heterocycles. The predicted octanol–water partition coefficient (Wildman–Crippen LogP) is 1.79. The number of rotatable bonds is 4. The molecule has 0 spiro atoms. The normalized spacial score (nSPS) is 20.8. The Hall–Kier alpha value is -2.19. The number of aliphatic hydroxyl groups is 2.